The summed E-state index contributed by atoms with van der Waals surface area (Å²) in [6, 6.07) is 8.22. The predicted molar refractivity (Wildman–Crippen MR) is 81.7 cm³/mol. The number of pyridine rings is 1. The van der Waals surface area contributed by atoms with Crippen LogP contribution in [0.1, 0.15) is 16.7 Å². The number of hydrogen-bond acceptors (Lipinski definition) is 4. The average molecular weight is 337 g/mol. The number of nitrogens with zero attached hydrogens (tertiary/aromatic N) is 3. The molecule has 0 saturated heterocycles. The van der Waals surface area contributed by atoms with E-state index in [0.717, 1.165) is 23.1 Å². The Morgan fingerprint density at radius 1 is 1.26 bits per heavy atom. The first kappa shape index (κ1) is 12.6. The van der Waals surface area contributed by atoms with Gasteiger partial charge in [-0.2, -0.15) is 4.98 Å². The van der Waals surface area contributed by atoms with Gasteiger partial charge in [0, 0.05) is 20.4 Å². The Balaban J connectivity index is 1.74. The molecular formula is C13H13BrN4S. The van der Waals surface area contributed by atoms with E-state index >= 15 is 0 Å². The van der Waals surface area contributed by atoms with Crippen molar-refractivity contribution in [3.63, 3.8) is 0 Å². The van der Waals surface area contributed by atoms with Crippen molar-refractivity contribution in [3.05, 3.63) is 44.7 Å². The summed E-state index contributed by atoms with van der Waals surface area (Å²) in [5.74, 6) is 0.657. The summed E-state index contributed by atoms with van der Waals surface area (Å²) in [5.41, 5.74) is 0.839. The summed E-state index contributed by atoms with van der Waals surface area (Å²) in [6.07, 6.45) is 2.99. The smallest absolute Gasteiger partial charge is 0.243 e. The van der Waals surface area contributed by atoms with Gasteiger partial charge in [-0.25, -0.2) is 4.52 Å². The molecule has 3 heterocycles. The Labute approximate surface area is 123 Å². The molecule has 0 aliphatic rings. The molecule has 1 N–H and O–H groups in total. The first-order valence-corrected chi connectivity index (χ1v) is 7.69. The second-order valence-electron chi connectivity index (χ2n) is 4.16. The van der Waals surface area contributed by atoms with Crippen LogP contribution in [0, 0.1) is 0 Å². The van der Waals surface area contributed by atoms with E-state index in [1.54, 1.807) is 4.52 Å². The van der Waals surface area contributed by atoms with Crippen molar-refractivity contribution in [2.45, 2.75) is 19.9 Å². The fourth-order valence-electron chi connectivity index (χ4n) is 1.81. The van der Waals surface area contributed by atoms with Crippen molar-refractivity contribution in [2.75, 3.05) is 5.32 Å². The van der Waals surface area contributed by atoms with Crippen LogP contribution in [0.5, 0.6) is 0 Å². The van der Waals surface area contributed by atoms with E-state index in [4.69, 9.17) is 0 Å². The predicted octanol–water partition coefficient (Wildman–Crippen LogP) is 3.73. The van der Waals surface area contributed by atoms with E-state index in [2.05, 4.69) is 50.4 Å². The lowest BCUT2D eigenvalue weighted by molar-refractivity contribution is 0.948. The Kier molecular flexibility index (Phi) is 3.52. The molecule has 19 heavy (non-hydrogen) atoms. The Morgan fingerprint density at radius 3 is 2.89 bits per heavy atom. The molecule has 0 radical (unpaired) electrons. The fraction of sp³-hybridized carbons (Fsp3) is 0.231. The van der Waals surface area contributed by atoms with E-state index in [9.17, 15) is 0 Å². The monoisotopic (exact) mass is 336 g/mol. The maximum Gasteiger partial charge on any atom is 0.243 e. The fourth-order valence-corrected chi connectivity index (χ4v) is 3.03. The summed E-state index contributed by atoms with van der Waals surface area (Å²) >= 11 is 5.25. The zero-order valence-corrected chi connectivity index (χ0v) is 12.8. The van der Waals surface area contributed by atoms with Gasteiger partial charge in [-0.05, 0) is 46.6 Å². The van der Waals surface area contributed by atoms with Crippen molar-refractivity contribution in [2.24, 2.45) is 0 Å². The molecule has 0 aliphatic heterocycles. The van der Waals surface area contributed by atoms with Gasteiger partial charge in [-0.15, -0.1) is 16.4 Å². The quantitative estimate of drug-likeness (QED) is 0.789. The molecule has 0 aromatic carbocycles. The molecule has 0 fully saturated rings. The van der Waals surface area contributed by atoms with E-state index < -0.39 is 0 Å². The lowest BCUT2D eigenvalue weighted by atomic mass is 10.4. The second-order valence-corrected chi connectivity index (χ2v) is 6.33. The topological polar surface area (TPSA) is 42.2 Å². The standard InChI is InChI=1S/C13H13BrN4S/c1-2-10-4-5-11(19-10)7-15-13-16-12-6-3-9(14)8-18(12)17-13/h3-6,8H,2,7H2,1H3,(H,15,17). The van der Waals surface area contributed by atoms with Crippen molar-refractivity contribution < 1.29 is 0 Å². The van der Waals surface area contributed by atoms with Crippen molar-refractivity contribution in [1.29, 1.82) is 0 Å². The molecule has 0 atom stereocenters. The van der Waals surface area contributed by atoms with E-state index in [0.29, 0.717) is 5.95 Å². The zero-order chi connectivity index (χ0) is 13.2. The van der Waals surface area contributed by atoms with Gasteiger partial charge < -0.3 is 5.32 Å². The van der Waals surface area contributed by atoms with Gasteiger partial charge in [0.05, 0.1) is 6.54 Å². The van der Waals surface area contributed by atoms with Crippen LogP contribution < -0.4 is 5.32 Å². The van der Waals surface area contributed by atoms with Crippen molar-refractivity contribution in [1.82, 2.24) is 14.6 Å². The molecule has 0 unspecified atom stereocenters. The van der Waals surface area contributed by atoms with Crippen LogP contribution in [0.25, 0.3) is 5.65 Å². The molecule has 0 bridgehead atoms. The first-order valence-electron chi connectivity index (χ1n) is 6.08. The number of anilines is 1. The van der Waals surface area contributed by atoms with Crippen LogP contribution in [0.3, 0.4) is 0 Å². The molecule has 0 saturated carbocycles. The number of thiophene rings is 1. The number of halogens is 1. The van der Waals surface area contributed by atoms with Crippen LogP contribution in [-0.4, -0.2) is 14.6 Å². The number of rotatable bonds is 4. The van der Waals surface area contributed by atoms with E-state index in [1.807, 2.05) is 29.7 Å². The summed E-state index contributed by atoms with van der Waals surface area (Å²) in [4.78, 5) is 7.13. The summed E-state index contributed by atoms with van der Waals surface area (Å²) in [6.45, 7) is 2.94. The Hall–Kier alpha value is -1.40. The normalized spacial score (nSPS) is 11.1. The molecule has 0 spiro atoms. The average Bonchev–Trinajstić information content (AvgIpc) is 3.01. The molecule has 6 heteroatoms. The maximum atomic E-state index is 4.42. The van der Waals surface area contributed by atoms with Crippen LogP contribution in [0.15, 0.2) is 34.9 Å². The SMILES string of the molecule is CCc1ccc(CNc2nc3ccc(Br)cn3n2)s1. The minimum atomic E-state index is 0.657. The van der Waals surface area contributed by atoms with Crippen LogP contribution in [0.2, 0.25) is 0 Å². The Bertz CT molecular complexity index is 704. The lowest BCUT2D eigenvalue weighted by Gasteiger charge is -1.97. The number of aryl methyl sites for hydroxylation is 1. The Morgan fingerprint density at radius 2 is 2.11 bits per heavy atom. The van der Waals surface area contributed by atoms with Gasteiger partial charge in [-0.1, -0.05) is 6.92 Å². The van der Waals surface area contributed by atoms with Gasteiger partial charge in [0.25, 0.3) is 0 Å². The molecular weight excluding hydrogens is 324 g/mol. The highest BCUT2D eigenvalue weighted by atomic mass is 79.9. The van der Waals surface area contributed by atoms with Crippen LogP contribution in [-0.2, 0) is 13.0 Å². The molecule has 3 aromatic rings. The van der Waals surface area contributed by atoms with Gasteiger partial charge in [-0.3, -0.25) is 0 Å². The summed E-state index contributed by atoms with van der Waals surface area (Å²) in [5, 5.41) is 7.64. The lowest BCUT2D eigenvalue weighted by Crippen LogP contribution is -1.99. The van der Waals surface area contributed by atoms with Gasteiger partial charge >= 0.3 is 0 Å². The number of hydrogen-bond donors (Lipinski definition) is 1. The largest absolute Gasteiger partial charge is 0.348 e. The third-order valence-electron chi connectivity index (χ3n) is 2.78. The number of nitrogens with one attached hydrogen (secondary N) is 1. The second kappa shape index (κ2) is 5.30. The highest BCUT2D eigenvalue weighted by Crippen LogP contribution is 2.18. The van der Waals surface area contributed by atoms with Gasteiger partial charge in [0.2, 0.25) is 5.95 Å². The van der Waals surface area contributed by atoms with Crippen molar-refractivity contribution >= 4 is 38.9 Å². The highest BCUT2D eigenvalue weighted by molar-refractivity contribution is 9.10. The first-order chi connectivity index (χ1) is 9.24. The summed E-state index contributed by atoms with van der Waals surface area (Å²) < 4.78 is 2.75. The molecule has 3 aromatic heterocycles. The molecule has 0 amide bonds. The number of aromatic nitrogens is 3. The molecule has 3 rings (SSSR count). The van der Waals surface area contributed by atoms with Gasteiger partial charge in [0.15, 0.2) is 5.65 Å². The molecule has 98 valence electrons. The van der Waals surface area contributed by atoms with Crippen molar-refractivity contribution in [3.8, 4) is 0 Å². The van der Waals surface area contributed by atoms with Crippen LogP contribution in [0.4, 0.5) is 5.95 Å². The molecule has 0 aliphatic carbocycles. The number of fused-ring (bicyclic) bond motifs is 1. The maximum absolute atomic E-state index is 4.42. The minimum Gasteiger partial charge on any atom is -0.348 e. The molecule has 4 nitrogen and oxygen atoms in total. The third kappa shape index (κ3) is 2.79. The summed E-state index contributed by atoms with van der Waals surface area (Å²) in [7, 11) is 0. The van der Waals surface area contributed by atoms with Gasteiger partial charge in [0.1, 0.15) is 0 Å². The van der Waals surface area contributed by atoms with E-state index in [1.165, 1.54) is 9.75 Å². The minimum absolute atomic E-state index is 0.657. The zero-order valence-electron chi connectivity index (χ0n) is 10.4. The highest BCUT2D eigenvalue weighted by Gasteiger charge is 2.04. The van der Waals surface area contributed by atoms with Crippen LogP contribution >= 0.6 is 27.3 Å². The third-order valence-corrected chi connectivity index (χ3v) is 4.48. The van der Waals surface area contributed by atoms with E-state index in [-0.39, 0.29) is 0 Å².